The van der Waals surface area contributed by atoms with Gasteiger partial charge in [0, 0.05) is 26.6 Å². The van der Waals surface area contributed by atoms with Crippen LogP contribution in [-0.2, 0) is 14.8 Å². The van der Waals surface area contributed by atoms with Crippen LogP contribution in [0.15, 0.2) is 29.2 Å². The molecule has 0 saturated carbocycles. The minimum atomic E-state index is -3.65. The van der Waals surface area contributed by atoms with Gasteiger partial charge in [-0.15, -0.1) is 0 Å². The molecule has 0 aromatic heterocycles. The second-order valence-corrected chi connectivity index (χ2v) is 6.34. The second-order valence-electron chi connectivity index (χ2n) is 4.29. The third kappa shape index (κ3) is 3.68. The van der Waals surface area contributed by atoms with Gasteiger partial charge in [-0.25, -0.2) is 12.7 Å². The smallest absolute Gasteiger partial charge is 0.242 e. The molecule has 0 radical (unpaired) electrons. The lowest BCUT2D eigenvalue weighted by atomic mass is 10.2. The molecular weight excluding hydrogens is 268 g/mol. The van der Waals surface area contributed by atoms with Gasteiger partial charge < -0.3 is 10.4 Å². The van der Waals surface area contributed by atoms with E-state index >= 15 is 0 Å². The maximum atomic E-state index is 12.2. The molecule has 0 aliphatic heterocycles. The monoisotopic (exact) mass is 286 g/mol. The highest BCUT2D eigenvalue weighted by molar-refractivity contribution is 7.89. The molecule has 0 aliphatic carbocycles. The van der Waals surface area contributed by atoms with Crippen molar-refractivity contribution < 1.29 is 18.3 Å². The van der Waals surface area contributed by atoms with Gasteiger partial charge in [0.25, 0.3) is 0 Å². The first kappa shape index (κ1) is 15.5. The lowest BCUT2D eigenvalue weighted by molar-refractivity contribution is -0.124. The fourth-order valence-corrected chi connectivity index (χ4v) is 2.87. The summed E-state index contributed by atoms with van der Waals surface area (Å²) in [5.41, 5.74) is 0. The molecule has 1 unspecified atom stereocenters. The Labute approximate surface area is 113 Å². The van der Waals surface area contributed by atoms with Crippen molar-refractivity contribution in [3.05, 3.63) is 24.3 Å². The molecule has 1 aromatic carbocycles. The van der Waals surface area contributed by atoms with Crippen LogP contribution in [0.2, 0.25) is 0 Å². The Morgan fingerprint density at radius 1 is 1.37 bits per heavy atom. The van der Waals surface area contributed by atoms with E-state index in [0.717, 1.165) is 4.31 Å². The third-order valence-electron chi connectivity index (χ3n) is 2.77. The number of benzene rings is 1. The number of nitrogens with zero attached hydrogens (tertiary/aromatic N) is 1. The third-order valence-corrected chi connectivity index (χ3v) is 4.61. The predicted molar refractivity (Wildman–Crippen MR) is 71.2 cm³/mol. The number of hydrogen-bond donors (Lipinski definition) is 2. The molecule has 19 heavy (non-hydrogen) atoms. The fourth-order valence-electron chi connectivity index (χ4n) is 1.61. The van der Waals surface area contributed by atoms with Crippen LogP contribution >= 0.6 is 0 Å². The first-order chi connectivity index (χ1) is 8.78. The Balaban J connectivity index is 2.88. The first-order valence-corrected chi connectivity index (χ1v) is 7.20. The van der Waals surface area contributed by atoms with Crippen molar-refractivity contribution in [2.45, 2.75) is 11.8 Å². The first-order valence-electron chi connectivity index (χ1n) is 5.76. The van der Waals surface area contributed by atoms with Gasteiger partial charge in [0.2, 0.25) is 15.9 Å². The molecule has 0 fully saturated rings. The van der Waals surface area contributed by atoms with Gasteiger partial charge in [0.1, 0.15) is 5.75 Å². The second kappa shape index (κ2) is 6.03. The topological polar surface area (TPSA) is 86.7 Å². The molecule has 2 N–H and O–H groups in total. The molecular formula is C12H18N2O4S. The van der Waals surface area contributed by atoms with Gasteiger partial charge in [-0.05, 0) is 24.3 Å². The molecule has 1 atom stereocenters. The van der Waals surface area contributed by atoms with Crippen LogP contribution in [0.1, 0.15) is 6.92 Å². The van der Waals surface area contributed by atoms with E-state index in [0.29, 0.717) is 0 Å². The molecule has 1 amide bonds. The highest BCUT2D eigenvalue weighted by Gasteiger charge is 2.24. The van der Waals surface area contributed by atoms with E-state index in [4.69, 9.17) is 5.11 Å². The van der Waals surface area contributed by atoms with Gasteiger partial charge in [0.15, 0.2) is 0 Å². The summed E-state index contributed by atoms with van der Waals surface area (Å²) in [5.74, 6) is -0.657. The number of phenols is 1. The summed E-state index contributed by atoms with van der Waals surface area (Å²) < 4.78 is 25.5. The van der Waals surface area contributed by atoms with E-state index in [1.807, 2.05) is 0 Å². The number of carbonyl (C=O) groups excluding carboxylic acids is 1. The number of sulfonamides is 1. The normalized spacial score (nSPS) is 13.3. The molecule has 0 aliphatic rings. The van der Waals surface area contributed by atoms with Crippen molar-refractivity contribution in [2.75, 3.05) is 20.6 Å². The van der Waals surface area contributed by atoms with Crippen molar-refractivity contribution in [3.63, 3.8) is 0 Å². The lowest BCUT2D eigenvalue weighted by Crippen LogP contribution is -2.37. The van der Waals surface area contributed by atoms with Crippen LogP contribution in [0, 0.1) is 5.92 Å². The number of rotatable bonds is 5. The van der Waals surface area contributed by atoms with E-state index in [9.17, 15) is 13.2 Å². The summed E-state index contributed by atoms with van der Waals surface area (Å²) in [7, 11) is -0.725. The van der Waals surface area contributed by atoms with Crippen LogP contribution in [0.5, 0.6) is 5.75 Å². The van der Waals surface area contributed by atoms with E-state index in [2.05, 4.69) is 5.32 Å². The van der Waals surface area contributed by atoms with Crippen LogP contribution in [0.25, 0.3) is 0 Å². The summed E-state index contributed by atoms with van der Waals surface area (Å²) >= 11 is 0. The molecule has 0 heterocycles. The molecule has 0 saturated heterocycles. The Hall–Kier alpha value is -1.60. The van der Waals surface area contributed by atoms with Gasteiger partial charge in [-0.2, -0.15) is 0 Å². The average Bonchev–Trinajstić information content (AvgIpc) is 2.38. The van der Waals surface area contributed by atoms with E-state index in [-0.39, 0.29) is 23.1 Å². The lowest BCUT2D eigenvalue weighted by Gasteiger charge is -2.20. The van der Waals surface area contributed by atoms with Gasteiger partial charge in [-0.3, -0.25) is 4.79 Å². The van der Waals surface area contributed by atoms with Crippen LogP contribution in [-0.4, -0.2) is 44.4 Å². The Morgan fingerprint density at radius 3 is 2.37 bits per heavy atom. The number of aromatic hydroxyl groups is 1. The zero-order valence-electron chi connectivity index (χ0n) is 11.1. The van der Waals surface area contributed by atoms with E-state index in [1.54, 1.807) is 6.92 Å². The van der Waals surface area contributed by atoms with Gasteiger partial charge in [0.05, 0.1) is 4.90 Å². The van der Waals surface area contributed by atoms with Gasteiger partial charge >= 0.3 is 0 Å². The zero-order valence-corrected chi connectivity index (χ0v) is 11.9. The molecule has 6 nitrogen and oxygen atoms in total. The van der Waals surface area contributed by atoms with Crippen molar-refractivity contribution in [1.29, 1.82) is 0 Å². The summed E-state index contributed by atoms with van der Waals surface area (Å²) in [6.45, 7) is 1.74. The summed E-state index contributed by atoms with van der Waals surface area (Å²) in [5, 5.41) is 11.6. The minimum Gasteiger partial charge on any atom is -0.508 e. The number of amides is 1. The molecule has 1 aromatic rings. The maximum Gasteiger partial charge on any atom is 0.242 e. The molecule has 0 spiro atoms. The number of hydrogen-bond acceptors (Lipinski definition) is 4. The number of nitrogens with one attached hydrogen (secondary N) is 1. The Morgan fingerprint density at radius 2 is 1.89 bits per heavy atom. The minimum absolute atomic E-state index is 0.000307. The maximum absolute atomic E-state index is 12.2. The standard InChI is InChI=1S/C12H18N2O4S/c1-9(12(16)13-2)8-14(3)19(17,18)11-6-4-10(15)5-7-11/h4-7,9,15H,8H2,1-3H3,(H,13,16). The van der Waals surface area contributed by atoms with Crippen LogP contribution < -0.4 is 5.32 Å². The molecule has 7 heteroatoms. The fraction of sp³-hybridized carbons (Fsp3) is 0.417. The van der Waals surface area contributed by atoms with Crippen molar-refractivity contribution in [2.24, 2.45) is 5.92 Å². The van der Waals surface area contributed by atoms with Crippen LogP contribution in [0.3, 0.4) is 0 Å². The van der Waals surface area contributed by atoms with Gasteiger partial charge in [-0.1, -0.05) is 6.92 Å². The van der Waals surface area contributed by atoms with Crippen molar-refractivity contribution in [1.82, 2.24) is 9.62 Å². The summed E-state index contributed by atoms with van der Waals surface area (Å²) in [6, 6.07) is 5.27. The Bertz CT molecular complexity index is 539. The number of carbonyl (C=O) groups is 1. The molecule has 106 valence electrons. The molecule has 1 rings (SSSR count). The largest absolute Gasteiger partial charge is 0.508 e. The average molecular weight is 286 g/mol. The quantitative estimate of drug-likeness (QED) is 0.820. The number of phenolic OH excluding ortho intramolecular Hbond substituents is 1. The molecule has 0 bridgehead atoms. The summed E-state index contributed by atoms with van der Waals surface area (Å²) in [4.78, 5) is 11.5. The highest BCUT2D eigenvalue weighted by Crippen LogP contribution is 2.18. The predicted octanol–water partition coefficient (Wildman–Crippen LogP) is 0.395. The van der Waals surface area contributed by atoms with Crippen LogP contribution in [0.4, 0.5) is 0 Å². The van der Waals surface area contributed by atoms with Crippen molar-refractivity contribution in [3.8, 4) is 5.75 Å². The van der Waals surface area contributed by atoms with Crippen molar-refractivity contribution >= 4 is 15.9 Å². The van der Waals surface area contributed by atoms with E-state index in [1.165, 1.54) is 38.4 Å². The van der Waals surface area contributed by atoms with E-state index < -0.39 is 15.9 Å². The Kier molecular flexibility index (Phi) is 4.90. The zero-order chi connectivity index (χ0) is 14.6. The SMILES string of the molecule is CNC(=O)C(C)CN(C)S(=O)(=O)c1ccc(O)cc1. The summed E-state index contributed by atoms with van der Waals surface area (Å²) in [6.07, 6.45) is 0. The highest BCUT2D eigenvalue weighted by atomic mass is 32.2.